The van der Waals surface area contributed by atoms with Gasteiger partial charge in [-0.25, -0.2) is 0 Å². The van der Waals surface area contributed by atoms with Crippen LogP contribution in [-0.2, 0) is 6.42 Å². The average Bonchev–Trinajstić information content (AvgIpc) is 2.52. The molecule has 0 amide bonds. The van der Waals surface area contributed by atoms with Crippen molar-refractivity contribution < 1.29 is 9.84 Å². The summed E-state index contributed by atoms with van der Waals surface area (Å²) in [5.41, 5.74) is 2.07. The Kier molecular flexibility index (Phi) is 6.05. The summed E-state index contributed by atoms with van der Waals surface area (Å²) in [7, 11) is 1.66. The van der Waals surface area contributed by atoms with Crippen LogP contribution in [0.5, 0.6) is 5.75 Å². The first-order valence-electron chi connectivity index (χ1n) is 6.96. The number of rotatable bonds is 7. The number of methoxy groups -OCH3 is 1. The third kappa shape index (κ3) is 5.05. The smallest absolute Gasteiger partial charge is 0.118 e. The summed E-state index contributed by atoms with van der Waals surface area (Å²) in [5.74, 6) is 0.864. The molecule has 2 N–H and O–H groups in total. The summed E-state index contributed by atoms with van der Waals surface area (Å²) in [5, 5.41) is 14.0. The van der Waals surface area contributed by atoms with Crippen LogP contribution < -0.4 is 10.1 Å². The van der Waals surface area contributed by atoms with Crippen molar-refractivity contribution in [2.24, 2.45) is 0 Å². The van der Waals surface area contributed by atoms with Gasteiger partial charge in [-0.2, -0.15) is 0 Å². The molecule has 0 aliphatic carbocycles. The van der Waals surface area contributed by atoms with Gasteiger partial charge in [0.05, 0.1) is 13.2 Å². The second-order valence-corrected chi connectivity index (χ2v) is 5.31. The van der Waals surface area contributed by atoms with E-state index in [4.69, 9.17) is 16.3 Å². The molecule has 112 valence electrons. The topological polar surface area (TPSA) is 41.5 Å². The van der Waals surface area contributed by atoms with Gasteiger partial charge in [-0.15, -0.1) is 0 Å². The molecule has 0 aliphatic rings. The summed E-state index contributed by atoms with van der Waals surface area (Å²) in [4.78, 5) is 0. The van der Waals surface area contributed by atoms with Crippen molar-refractivity contribution in [3.05, 3.63) is 64.7 Å². The summed E-state index contributed by atoms with van der Waals surface area (Å²) in [6.45, 7) is 1.32. The van der Waals surface area contributed by atoms with Gasteiger partial charge in [0.2, 0.25) is 0 Å². The minimum absolute atomic E-state index is 0.510. The molecule has 1 atom stereocenters. The molecule has 2 aromatic rings. The van der Waals surface area contributed by atoms with Gasteiger partial charge in [0.15, 0.2) is 0 Å². The van der Waals surface area contributed by atoms with Gasteiger partial charge < -0.3 is 15.2 Å². The first-order valence-corrected chi connectivity index (χ1v) is 7.34. The highest BCUT2D eigenvalue weighted by molar-refractivity contribution is 6.30. The molecule has 1 unspecified atom stereocenters. The lowest BCUT2D eigenvalue weighted by Gasteiger charge is -2.12. The van der Waals surface area contributed by atoms with Gasteiger partial charge in [-0.3, -0.25) is 0 Å². The Morgan fingerprint density at radius 3 is 2.62 bits per heavy atom. The fourth-order valence-corrected chi connectivity index (χ4v) is 2.29. The number of hydrogen-bond donors (Lipinski definition) is 2. The van der Waals surface area contributed by atoms with E-state index in [0.29, 0.717) is 11.6 Å². The molecule has 2 rings (SSSR count). The molecular weight excluding hydrogens is 286 g/mol. The Morgan fingerprint density at radius 1 is 1.19 bits per heavy atom. The maximum absolute atomic E-state index is 10.1. The van der Waals surface area contributed by atoms with Crippen LogP contribution in [0.3, 0.4) is 0 Å². The molecule has 0 aromatic heterocycles. The number of nitrogens with one attached hydrogen (secondary N) is 1. The Bertz CT molecular complexity index is 557. The lowest BCUT2D eigenvalue weighted by molar-refractivity contribution is 0.175. The fourth-order valence-electron chi connectivity index (χ4n) is 2.10. The van der Waals surface area contributed by atoms with Gasteiger partial charge in [-0.1, -0.05) is 35.9 Å². The Balaban J connectivity index is 1.73. The second kappa shape index (κ2) is 8.03. The Labute approximate surface area is 130 Å². The largest absolute Gasteiger partial charge is 0.497 e. The van der Waals surface area contributed by atoms with Crippen molar-refractivity contribution in [2.45, 2.75) is 12.5 Å². The molecule has 21 heavy (non-hydrogen) atoms. The van der Waals surface area contributed by atoms with Crippen LogP contribution in [0.15, 0.2) is 48.5 Å². The Morgan fingerprint density at radius 2 is 1.95 bits per heavy atom. The third-order valence-electron chi connectivity index (χ3n) is 3.32. The normalized spacial score (nSPS) is 12.1. The van der Waals surface area contributed by atoms with Gasteiger partial charge in [0, 0.05) is 11.6 Å². The van der Waals surface area contributed by atoms with E-state index in [1.54, 1.807) is 19.2 Å². The van der Waals surface area contributed by atoms with Crippen molar-refractivity contribution >= 4 is 11.6 Å². The van der Waals surface area contributed by atoms with Crippen molar-refractivity contribution in [3.63, 3.8) is 0 Å². The minimum atomic E-state index is -0.542. The molecule has 2 aromatic carbocycles. The van der Waals surface area contributed by atoms with Crippen LogP contribution in [-0.4, -0.2) is 25.3 Å². The minimum Gasteiger partial charge on any atom is -0.497 e. The van der Waals surface area contributed by atoms with Crippen LogP contribution in [0.2, 0.25) is 5.02 Å². The molecule has 0 aliphatic heterocycles. The number of hydrogen-bond acceptors (Lipinski definition) is 3. The molecular formula is C17H20ClNO2. The third-order valence-corrected chi connectivity index (χ3v) is 3.56. The first kappa shape index (κ1) is 15.8. The predicted molar refractivity (Wildman–Crippen MR) is 86.0 cm³/mol. The molecule has 3 nitrogen and oxygen atoms in total. The van der Waals surface area contributed by atoms with E-state index in [-0.39, 0.29) is 0 Å². The lowest BCUT2D eigenvalue weighted by atomic mass is 10.1. The number of ether oxygens (including phenoxy) is 1. The molecule has 0 fully saturated rings. The van der Waals surface area contributed by atoms with Crippen LogP contribution >= 0.6 is 11.6 Å². The quantitative estimate of drug-likeness (QED) is 0.772. The summed E-state index contributed by atoms with van der Waals surface area (Å²) in [6, 6.07) is 15.3. The highest BCUT2D eigenvalue weighted by Gasteiger charge is 2.07. The number of aliphatic hydroxyl groups excluding tert-OH is 1. The molecule has 0 radical (unpaired) electrons. The van der Waals surface area contributed by atoms with E-state index in [1.807, 2.05) is 36.4 Å². The van der Waals surface area contributed by atoms with Gasteiger partial charge in [0.25, 0.3) is 0 Å². The van der Waals surface area contributed by atoms with Crippen molar-refractivity contribution in [3.8, 4) is 5.75 Å². The molecule has 0 heterocycles. The van der Waals surface area contributed by atoms with Gasteiger partial charge in [-0.05, 0) is 48.4 Å². The standard InChI is InChI=1S/C17H20ClNO2/c1-21-16-7-5-13(6-8-16)9-10-19-12-17(20)14-3-2-4-15(18)11-14/h2-8,11,17,19-20H,9-10,12H2,1H3. The average molecular weight is 306 g/mol. The number of aliphatic hydroxyl groups is 1. The van der Waals surface area contributed by atoms with E-state index in [1.165, 1.54) is 5.56 Å². The molecule has 0 spiro atoms. The zero-order valence-electron chi connectivity index (χ0n) is 12.1. The molecule has 0 saturated heterocycles. The second-order valence-electron chi connectivity index (χ2n) is 4.87. The van der Waals surface area contributed by atoms with Crippen molar-refractivity contribution in [1.82, 2.24) is 5.32 Å². The highest BCUT2D eigenvalue weighted by atomic mass is 35.5. The molecule has 0 saturated carbocycles. The summed E-state index contributed by atoms with van der Waals surface area (Å²) >= 11 is 5.91. The van der Waals surface area contributed by atoms with Crippen molar-refractivity contribution in [2.75, 3.05) is 20.2 Å². The predicted octanol–water partition coefficient (Wildman–Crippen LogP) is 3.21. The van der Waals surface area contributed by atoms with Crippen LogP contribution in [0, 0.1) is 0 Å². The lowest BCUT2D eigenvalue weighted by Crippen LogP contribution is -2.23. The zero-order chi connectivity index (χ0) is 15.1. The summed E-state index contributed by atoms with van der Waals surface area (Å²) in [6.07, 6.45) is 0.367. The van der Waals surface area contributed by atoms with Gasteiger partial charge >= 0.3 is 0 Å². The Hall–Kier alpha value is -1.55. The van der Waals surface area contributed by atoms with Crippen molar-refractivity contribution in [1.29, 1.82) is 0 Å². The van der Waals surface area contributed by atoms with E-state index in [9.17, 15) is 5.11 Å². The number of halogens is 1. The van der Waals surface area contributed by atoms with E-state index in [2.05, 4.69) is 5.32 Å². The number of benzene rings is 2. The maximum Gasteiger partial charge on any atom is 0.118 e. The van der Waals surface area contributed by atoms with Crippen LogP contribution in [0.1, 0.15) is 17.2 Å². The van der Waals surface area contributed by atoms with E-state index in [0.717, 1.165) is 24.3 Å². The van der Waals surface area contributed by atoms with Crippen LogP contribution in [0.25, 0.3) is 0 Å². The summed E-state index contributed by atoms with van der Waals surface area (Å²) < 4.78 is 5.13. The van der Waals surface area contributed by atoms with Crippen LogP contribution in [0.4, 0.5) is 0 Å². The SMILES string of the molecule is COc1ccc(CCNCC(O)c2cccc(Cl)c2)cc1. The zero-order valence-corrected chi connectivity index (χ0v) is 12.8. The first-order chi connectivity index (χ1) is 10.2. The fraction of sp³-hybridized carbons (Fsp3) is 0.294. The van der Waals surface area contributed by atoms with E-state index < -0.39 is 6.10 Å². The molecule has 4 heteroatoms. The monoisotopic (exact) mass is 305 g/mol. The van der Waals surface area contributed by atoms with E-state index >= 15 is 0 Å². The molecule has 0 bridgehead atoms. The highest BCUT2D eigenvalue weighted by Crippen LogP contribution is 2.17. The maximum atomic E-state index is 10.1. The van der Waals surface area contributed by atoms with Gasteiger partial charge in [0.1, 0.15) is 5.75 Å².